The second-order valence-electron chi connectivity index (χ2n) is 5.94. The van der Waals surface area contributed by atoms with Gasteiger partial charge >= 0.3 is 12.4 Å². The van der Waals surface area contributed by atoms with Gasteiger partial charge < -0.3 is 20.7 Å². The maximum atomic E-state index is 12.1. The SMILES string of the molecule is CC1(CNC(=O)Nc2ccc(OC(F)(F)F)cc2)CCNCC1. The van der Waals surface area contributed by atoms with Crippen molar-refractivity contribution < 1.29 is 22.7 Å². The van der Waals surface area contributed by atoms with E-state index >= 15 is 0 Å². The molecule has 0 unspecified atom stereocenters. The van der Waals surface area contributed by atoms with Crippen molar-refractivity contribution in [2.75, 3.05) is 25.0 Å². The number of urea groups is 1. The second-order valence-corrected chi connectivity index (χ2v) is 5.94. The third-order valence-electron chi connectivity index (χ3n) is 3.83. The van der Waals surface area contributed by atoms with Crippen LogP contribution in [0.2, 0.25) is 0 Å². The summed E-state index contributed by atoms with van der Waals surface area (Å²) in [5.74, 6) is -0.328. The molecule has 0 aromatic heterocycles. The number of alkyl halides is 3. The number of nitrogens with one attached hydrogen (secondary N) is 3. The zero-order valence-corrected chi connectivity index (χ0v) is 12.8. The fraction of sp³-hybridized carbons (Fsp3) is 0.533. The van der Waals surface area contributed by atoms with Crippen LogP contribution in [0.4, 0.5) is 23.7 Å². The fourth-order valence-electron chi connectivity index (χ4n) is 2.42. The molecule has 0 atom stereocenters. The number of halogens is 3. The summed E-state index contributed by atoms with van der Waals surface area (Å²) < 4.78 is 39.9. The van der Waals surface area contributed by atoms with E-state index in [-0.39, 0.29) is 17.2 Å². The van der Waals surface area contributed by atoms with E-state index in [1.54, 1.807) is 0 Å². The molecule has 1 aromatic rings. The number of carbonyl (C=O) groups excluding carboxylic acids is 1. The predicted molar refractivity (Wildman–Crippen MR) is 80.4 cm³/mol. The second kappa shape index (κ2) is 7.08. The van der Waals surface area contributed by atoms with Gasteiger partial charge in [-0.2, -0.15) is 0 Å². The number of rotatable bonds is 4. The van der Waals surface area contributed by atoms with Gasteiger partial charge in [0, 0.05) is 12.2 Å². The Morgan fingerprint density at radius 1 is 1.26 bits per heavy atom. The van der Waals surface area contributed by atoms with Crippen LogP contribution in [-0.2, 0) is 0 Å². The molecule has 0 bridgehead atoms. The van der Waals surface area contributed by atoms with Crippen molar-refractivity contribution in [1.29, 1.82) is 0 Å². The van der Waals surface area contributed by atoms with Crippen molar-refractivity contribution >= 4 is 11.7 Å². The standard InChI is InChI=1S/C15H20F3N3O2/c1-14(6-8-19-9-7-14)10-20-13(22)21-11-2-4-12(5-3-11)23-15(16,17)18/h2-5,19H,6-10H2,1H3,(H2,20,21,22). The molecule has 0 radical (unpaired) electrons. The number of hydrogen-bond acceptors (Lipinski definition) is 3. The first-order valence-electron chi connectivity index (χ1n) is 7.37. The van der Waals surface area contributed by atoms with Crippen LogP contribution in [0.15, 0.2) is 24.3 Å². The van der Waals surface area contributed by atoms with Crippen molar-refractivity contribution in [3.63, 3.8) is 0 Å². The van der Waals surface area contributed by atoms with E-state index in [1.165, 1.54) is 12.1 Å². The average molecular weight is 331 g/mol. The minimum Gasteiger partial charge on any atom is -0.406 e. The van der Waals surface area contributed by atoms with Crippen LogP contribution in [0.5, 0.6) is 5.75 Å². The quantitative estimate of drug-likeness (QED) is 0.794. The van der Waals surface area contributed by atoms with Crippen LogP contribution in [0, 0.1) is 5.41 Å². The Bertz CT molecular complexity index is 526. The van der Waals surface area contributed by atoms with E-state index in [2.05, 4.69) is 27.6 Å². The van der Waals surface area contributed by atoms with Gasteiger partial charge in [0.2, 0.25) is 0 Å². The van der Waals surface area contributed by atoms with Crippen LogP contribution < -0.4 is 20.7 Å². The highest BCUT2D eigenvalue weighted by molar-refractivity contribution is 5.89. The first-order chi connectivity index (χ1) is 10.8. The molecule has 1 aliphatic heterocycles. The summed E-state index contributed by atoms with van der Waals surface area (Å²) in [6.07, 6.45) is -2.76. The summed E-state index contributed by atoms with van der Waals surface area (Å²) in [5.41, 5.74) is 0.458. The number of anilines is 1. The minimum absolute atomic E-state index is 0.0625. The van der Waals surface area contributed by atoms with Crippen molar-refractivity contribution in [2.45, 2.75) is 26.1 Å². The zero-order chi connectivity index (χ0) is 16.9. The van der Waals surface area contributed by atoms with Crippen LogP contribution >= 0.6 is 0 Å². The van der Waals surface area contributed by atoms with E-state index in [4.69, 9.17) is 0 Å². The summed E-state index contributed by atoms with van der Waals surface area (Å²) >= 11 is 0. The Morgan fingerprint density at radius 3 is 2.43 bits per heavy atom. The van der Waals surface area contributed by atoms with Crippen molar-refractivity contribution in [3.8, 4) is 5.75 Å². The molecule has 1 saturated heterocycles. The molecule has 2 rings (SSSR count). The van der Waals surface area contributed by atoms with Gasteiger partial charge in [0.1, 0.15) is 5.75 Å². The molecular weight excluding hydrogens is 311 g/mol. The molecule has 1 aromatic carbocycles. The summed E-state index contributed by atoms with van der Waals surface area (Å²) in [5, 5.41) is 8.66. The van der Waals surface area contributed by atoms with Crippen LogP contribution in [-0.4, -0.2) is 32.0 Å². The highest BCUT2D eigenvalue weighted by Gasteiger charge is 2.31. The molecule has 0 aliphatic carbocycles. The number of hydrogen-bond donors (Lipinski definition) is 3. The van der Waals surface area contributed by atoms with Gasteiger partial charge in [-0.3, -0.25) is 0 Å². The van der Waals surface area contributed by atoms with E-state index in [0.717, 1.165) is 38.1 Å². The van der Waals surface area contributed by atoms with Gasteiger partial charge in [-0.25, -0.2) is 4.79 Å². The third-order valence-corrected chi connectivity index (χ3v) is 3.83. The smallest absolute Gasteiger partial charge is 0.406 e. The van der Waals surface area contributed by atoms with Crippen molar-refractivity contribution in [3.05, 3.63) is 24.3 Å². The number of amides is 2. The Hall–Kier alpha value is -1.96. The maximum Gasteiger partial charge on any atom is 0.573 e. The lowest BCUT2D eigenvalue weighted by molar-refractivity contribution is -0.274. The normalized spacial score (nSPS) is 17.4. The molecule has 1 fully saturated rings. The highest BCUT2D eigenvalue weighted by atomic mass is 19.4. The zero-order valence-electron chi connectivity index (χ0n) is 12.8. The van der Waals surface area contributed by atoms with Gasteiger partial charge in [-0.15, -0.1) is 13.2 Å². The summed E-state index contributed by atoms with van der Waals surface area (Å²) in [4.78, 5) is 11.9. The first-order valence-corrected chi connectivity index (χ1v) is 7.37. The number of piperidine rings is 1. The summed E-state index contributed by atoms with van der Waals surface area (Å²) in [6, 6.07) is 4.63. The molecular formula is C15H20F3N3O2. The van der Waals surface area contributed by atoms with Gasteiger partial charge in [-0.05, 0) is 55.6 Å². The minimum atomic E-state index is -4.73. The molecule has 3 N–H and O–H groups in total. The molecule has 1 heterocycles. The van der Waals surface area contributed by atoms with Gasteiger partial charge in [0.15, 0.2) is 0 Å². The topological polar surface area (TPSA) is 62.4 Å². The molecule has 8 heteroatoms. The lowest BCUT2D eigenvalue weighted by Crippen LogP contribution is -2.43. The Balaban J connectivity index is 1.81. The number of carbonyl (C=O) groups is 1. The van der Waals surface area contributed by atoms with Crippen LogP contribution in [0.1, 0.15) is 19.8 Å². The van der Waals surface area contributed by atoms with E-state index in [0.29, 0.717) is 12.2 Å². The van der Waals surface area contributed by atoms with E-state index in [1.807, 2.05) is 0 Å². The van der Waals surface area contributed by atoms with Crippen LogP contribution in [0.3, 0.4) is 0 Å². The fourth-order valence-corrected chi connectivity index (χ4v) is 2.42. The van der Waals surface area contributed by atoms with E-state index in [9.17, 15) is 18.0 Å². The molecule has 0 spiro atoms. The average Bonchev–Trinajstić information content (AvgIpc) is 2.47. The molecule has 23 heavy (non-hydrogen) atoms. The molecule has 0 saturated carbocycles. The summed E-state index contributed by atoms with van der Waals surface area (Å²) in [6.45, 7) is 4.54. The van der Waals surface area contributed by atoms with Gasteiger partial charge in [0.05, 0.1) is 0 Å². The monoisotopic (exact) mass is 331 g/mol. The Kier molecular flexibility index (Phi) is 5.35. The largest absolute Gasteiger partial charge is 0.573 e. The van der Waals surface area contributed by atoms with Gasteiger partial charge in [0.25, 0.3) is 0 Å². The number of ether oxygens (including phenoxy) is 1. The molecule has 1 aliphatic rings. The molecule has 128 valence electrons. The third kappa shape index (κ3) is 5.97. The molecule has 2 amide bonds. The summed E-state index contributed by atoms with van der Waals surface area (Å²) in [7, 11) is 0. The predicted octanol–water partition coefficient (Wildman–Crippen LogP) is 3.10. The van der Waals surface area contributed by atoms with E-state index < -0.39 is 6.36 Å². The lowest BCUT2D eigenvalue weighted by atomic mass is 9.81. The van der Waals surface area contributed by atoms with Gasteiger partial charge in [-0.1, -0.05) is 6.92 Å². The highest BCUT2D eigenvalue weighted by Crippen LogP contribution is 2.27. The Morgan fingerprint density at radius 2 is 1.87 bits per heavy atom. The first kappa shape index (κ1) is 17.4. The molecule has 5 nitrogen and oxygen atoms in total. The lowest BCUT2D eigenvalue weighted by Gasteiger charge is -2.34. The van der Waals surface area contributed by atoms with Crippen molar-refractivity contribution in [1.82, 2.24) is 10.6 Å². The Labute approximate surface area is 132 Å². The van der Waals surface area contributed by atoms with Crippen LogP contribution in [0.25, 0.3) is 0 Å². The number of benzene rings is 1. The van der Waals surface area contributed by atoms with Crippen molar-refractivity contribution in [2.24, 2.45) is 5.41 Å². The maximum absolute atomic E-state index is 12.1.